The Kier molecular flexibility index (Phi) is 4.84. The molecule has 0 aliphatic carbocycles. The molecule has 23 heavy (non-hydrogen) atoms. The number of nitrogens with zero attached hydrogens (tertiary/aromatic N) is 3. The fraction of sp³-hybridized carbons (Fsp3) is 0.533. The number of imidazole rings is 1. The smallest absolute Gasteiger partial charge is 0.262 e. The van der Waals surface area contributed by atoms with Gasteiger partial charge < -0.3 is 8.98 Å². The van der Waals surface area contributed by atoms with Gasteiger partial charge in [0, 0.05) is 31.1 Å². The molecule has 0 unspecified atom stereocenters. The molecule has 1 fully saturated rings. The zero-order valence-electron chi connectivity index (χ0n) is 13.3. The lowest BCUT2D eigenvalue weighted by molar-refractivity contribution is 0.415. The average molecular weight is 355 g/mol. The van der Waals surface area contributed by atoms with Crippen molar-refractivity contribution in [3.8, 4) is 0 Å². The molecule has 126 valence electrons. The van der Waals surface area contributed by atoms with Gasteiger partial charge in [-0.3, -0.25) is 0 Å². The molecule has 1 atom stereocenters. The maximum absolute atomic E-state index is 12.8. The summed E-state index contributed by atoms with van der Waals surface area (Å²) in [5, 5.41) is 0.339. The van der Waals surface area contributed by atoms with E-state index in [-0.39, 0.29) is 16.3 Å². The zero-order chi connectivity index (χ0) is 16.4. The van der Waals surface area contributed by atoms with Crippen LogP contribution in [0.25, 0.3) is 0 Å². The van der Waals surface area contributed by atoms with Gasteiger partial charge in [0.05, 0.1) is 17.8 Å². The SMILES string of the molecule is CC(C)n1cnc(S(=O)(=O)N2CCS[C@@H](c3ccco3)CC2)c1. The fourth-order valence-electron chi connectivity index (χ4n) is 2.56. The van der Waals surface area contributed by atoms with Crippen LogP contribution in [0.1, 0.15) is 37.3 Å². The number of hydrogen-bond donors (Lipinski definition) is 0. The van der Waals surface area contributed by atoms with E-state index < -0.39 is 10.0 Å². The molecule has 8 heteroatoms. The molecule has 0 N–H and O–H groups in total. The van der Waals surface area contributed by atoms with E-state index in [2.05, 4.69) is 4.98 Å². The van der Waals surface area contributed by atoms with E-state index in [0.29, 0.717) is 13.1 Å². The maximum Gasteiger partial charge on any atom is 0.262 e. The predicted octanol–water partition coefficient (Wildman–Crippen LogP) is 2.93. The summed E-state index contributed by atoms with van der Waals surface area (Å²) in [6, 6.07) is 4.01. The average Bonchev–Trinajstić information content (AvgIpc) is 3.15. The summed E-state index contributed by atoms with van der Waals surface area (Å²) in [6.07, 6.45) is 5.59. The standard InChI is InChI=1S/C15H21N3O3S2/c1-12(2)17-10-15(16-11-17)23(19,20)18-6-5-14(22-9-7-18)13-4-3-8-21-13/h3-4,8,10-12,14H,5-7,9H2,1-2H3/t14-/m1/s1. The van der Waals surface area contributed by atoms with Crippen LogP contribution in [0.5, 0.6) is 0 Å². The number of furan rings is 1. The van der Waals surface area contributed by atoms with Crippen molar-refractivity contribution in [1.29, 1.82) is 0 Å². The molecule has 0 bridgehead atoms. The van der Waals surface area contributed by atoms with Gasteiger partial charge in [-0.2, -0.15) is 4.31 Å². The summed E-state index contributed by atoms with van der Waals surface area (Å²) >= 11 is 1.74. The third kappa shape index (κ3) is 3.49. The predicted molar refractivity (Wildman–Crippen MR) is 89.9 cm³/mol. The highest BCUT2D eigenvalue weighted by atomic mass is 32.2. The molecule has 0 amide bonds. The minimum atomic E-state index is -3.53. The number of aromatic nitrogens is 2. The van der Waals surface area contributed by atoms with Gasteiger partial charge in [0.2, 0.25) is 0 Å². The van der Waals surface area contributed by atoms with E-state index in [0.717, 1.165) is 17.9 Å². The molecule has 3 heterocycles. The molecule has 1 saturated heterocycles. The van der Waals surface area contributed by atoms with Crippen LogP contribution in [0.15, 0.2) is 40.4 Å². The normalized spacial score (nSPS) is 20.7. The molecule has 3 rings (SSSR count). The van der Waals surface area contributed by atoms with Gasteiger partial charge in [0.25, 0.3) is 10.0 Å². The first kappa shape index (κ1) is 16.6. The maximum atomic E-state index is 12.8. The first-order valence-corrected chi connectivity index (χ1v) is 10.2. The van der Waals surface area contributed by atoms with Gasteiger partial charge in [-0.25, -0.2) is 13.4 Å². The number of thioether (sulfide) groups is 1. The Morgan fingerprint density at radius 2 is 2.22 bits per heavy atom. The summed E-state index contributed by atoms with van der Waals surface area (Å²) in [7, 11) is -3.53. The van der Waals surface area contributed by atoms with Crippen LogP contribution in [0.2, 0.25) is 0 Å². The van der Waals surface area contributed by atoms with Crippen LogP contribution in [-0.4, -0.2) is 41.1 Å². The van der Waals surface area contributed by atoms with Crippen LogP contribution < -0.4 is 0 Å². The van der Waals surface area contributed by atoms with Crippen molar-refractivity contribution in [2.75, 3.05) is 18.8 Å². The van der Waals surface area contributed by atoms with Gasteiger partial charge in [-0.15, -0.1) is 11.8 Å². The van der Waals surface area contributed by atoms with E-state index in [9.17, 15) is 8.42 Å². The fourth-order valence-corrected chi connectivity index (χ4v) is 5.23. The second kappa shape index (κ2) is 6.70. The van der Waals surface area contributed by atoms with Crippen LogP contribution >= 0.6 is 11.8 Å². The molecule has 6 nitrogen and oxygen atoms in total. The summed E-state index contributed by atoms with van der Waals surface area (Å²) in [5.74, 6) is 1.66. The van der Waals surface area contributed by atoms with Crippen molar-refractivity contribution < 1.29 is 12.8 Å². The highest BCUT2D eigenvalue weighted by molar-refractivity contribution is 7.99. The molecule has 0 radical (unpaired) electrons. The molecule has 1 aliphatic heterocycles. The monoisotopic (exact) mass is 355 g/mol. The minimum absolute atomic E-state index is 0.132. The number of hydrogen-bond acceptors (Lipinski definition) is 5. The Labute approximate surface area is 140 Å². The molecule has 2 aromatic rings. The summed E-state index contributed by atoms with van der Waals surface area (Å²) in [4.78, 5) is 4.09. The lowest BCUT2D eigenvalue weighted by Crippen LogP contribution is -2.33. The summed E-state index contributed by atoms with van der Waals surface area (Å²) in [6.45, 7) is 4.97. The molecular formula is C15H21N3O3S2. The topological polar surface area (TPSA) is 68.3 Å². The Balaban J connectivity index is 1.75. The quantitative estimate of drug-likeness (QED) is 0.843. The first-order chi connectivity index (χ1) is 11.0. The van der Waals surface area contributed by atoms with Gasteiger partial charge >= 0.3 is 0 Å². The Morgan fingerprint density at radius 3 is 2.87 bits per heavy atom. The minimum Gasteiger partial charge on any atom is -0.468 e. The van der Waals surface area contributed by atoms with Gasteiger partial charge in [-0.05, 0) is 32.4 Å². The summed E-state index contributed by atoms with van der Waals surface area (Å²) < 4.78 is 34.4. The third-order valence-electron chi connectivity index (χ3n) is 3.94. The van der Waals surface area contributed by atoms with Crippen molar-refractivity contribution in [2.45, 2.75) is 36.6 Å². The summed E-state index contributed by atoms with van der Waals surface area (Å²) in [5.41, 5.74) is 0. The van der Waals surface area contributed by atoms with Crippen molar-refractivity contribution >= 4 is 21.8 Å². The molecule has 2 aromatic heterocycles. The Morgan fingerprint density at radius 1 is 1.39 bits per heavy atom. The van der Waals surface area contributed by atoms with Gasteiger partial charge in [-0.1, -0.05) is 0 Å². The Bertz CT molecular complexity index is 738. The second-order valence-corrected chi connectivity index (χ2v) is 9.02. The largest absolute Gasteiger partial charge is 0.468 e. The van der Waals surface area contributed by atoms with Crippen molar-refractivity contribution in [3.05, 3.63) is 36.7 Å². The van der Waals surface area contributed by atoms with Crippen molar-refractivity contribution in [1.82, 2.24) is 13.9 Å². The highest BCUT2D eigenvalue weighted by Gasteiger charge is 2.30. The lowest BCUT2D eigenvalue weighted by atomic mass is 10.2. The van der Waals surface area contributed by atoms with E-state index >= 15 is 0 Å². The van der Waals surface area contributed by atoms with Crippen LogP contribution in [0.4, 0.5) is 0 Å². The second-order valence-electron chi connectivity index (χ2n) is 5.82. The number of rotatable bonds is 4. The number of sulfonamides is 1. The first-order valence-electron chi connectivity index (χ1n) is 7.67. The third-order valence-corrected chi connectivity index (χ3v) is 7.01. The lowest BCUT2D eigenvalue weighted by Gasteiger charge is -2.18. The van der Waals surface area contributed by atoms with Crippen LogP contribution in [0.3, 0.4) is 0 Å². The van der Waals surface area contributed by atoms with Gasteiger partial charge in [0.15, 0.2) is 5.03 Å². The molecular weight excluding hydrogens is 334 g/mol. The van der Waals surface area contributed by atoms with E-state index in [1.807, 2.05) is 30.5 Å². The van der Waals surface area contributed by atoms with E-state index in [4.69, 9.17) is 4.42 Å². The van der Waals surface area contributed by atoms with Crippen LogP contribution in [-0.2, 0) is 10.0 Å². The molecule has 1 aliphatic rings. The van der Waals surface area contributed by atoms with Gasteiger partial charge in [0.1, 0.15) is 5.76 Å². The molecule has 0 spiro atoms. The molecule has 0 aromatic carbocycles. The highest BCUT2D eigenvalue weighted by Crippen LogP contribution is 2.35. The van der Waals surface area contributed by atoms with Crippen molar-refractivity contribution in [3.63, 3.8) is 0 Å². The zero-order valence-corrected chi connectivity index (χ0v) is 14.9. The van der Waals surface area contributed by atoms with E-state index in [1.165, 1.54) is 4.31 Å². The molecule has 0 saturated carbocycles. The van der Waals surface area contributed by atoms with E-state index in [1.54, 1.807) is 30.5 Å². The Hall–Kier alpha value is -1.25. The van der Waals surface area contributed by atoms with Crippen molar-refractivity contribution in [2.24, 2.45) is 0 Å². The van der Waals surface area contributed by atoms with Crippen LogP contribution in [0, 0.1) is 0 Å².